The van der Waals surface area contributed by atoms with Crippen molar-refractivity contribution in [3.63, 3.8) is 0 Å². The normalized spacial score (nSPS) is 16.1. The van der Waals surface area contributed by atoms with Crippen molar-refractivity contribution < 1.29 is 14.4 Å². The highest BCUT2D eigenvalue weighted by atomic mass is 35.5. The van der Waals surface area contributed by atoms with Gasteiger partial charge in [-0.15, -0.1) is 0 Å². The summed E-state index contributed by atoms with van der Waals surface area (Å²) in [6.07, 6.45) is 1.50. The topological polar surface area (TPSA) is 81.4 Å². The van der Waals surface area contributed by atoms with Gasteiger partial charge in [-0.25, -0.2) is 5.48 Å². The average Bonchev–Trinajstić information content (AvgIpc) is 3.10. The zero-order valence-electron chi connectivity index (χ0n) is 9.61. The molecular formula is C12H13ClN2O3. The second-order valence-electron chi connectivity index (χ2n) is 4.28. The molecule has 0 unspecified atom stereocenters. The third-order valence-electron chi connectivity index (χ3n) is 2.96. The number of hydrogen-bond acceptors (Lipinski definition) is 3. The monoisotopic (exact) mass is 268 g/mol. The fourth-order valence-corrected chi connectivity index (χ4v) is 1.94. The molecule has 5 nitrogen and oxygen atoms in total. The minimum Gasteiger partial charge on any atom is -0.368 e. The number of halogens is 1. The SMILES string of the molecule is NC(=O)CONC(=O)C1(c2ccc(Cl)cc2)CC1. The van der Waals surface area contributed by atoms with E-state index < -0.39 is 11.3 Å². The van der Waals surface area contributed by atoms with Gasteiger partial charge < -0.3 is 5.73 Å². The number of rotatable bonds is 5. The Hall–Kier alpha value is -1.59. The van der Waals surface area contributed by atoms with E-state index >= 15 is 0 Å². The van der Waals surface area contributed by atoms with Crippen molar-refractivity contribution in [3.05, 3.63) is 34.9 Å². The van der Waals surface area contributed by atoms with E-state index in [1.54, 1.807) is 12.1 Å². The first-order valence-corrected chi connectivity index (χ1v) is 5.89. The summed E-state index contributed by atoms with van der Waals surface area (Å²) in [7, 11) is 0. The van der Waals surface area contributed by atoms with Gasteiger partial charge in [0.05, 0.1) is 5.41 Å². The van der Waals surface area contributed by atoms with Crippen molar-refractivity contribution in [2.24, 2.45) is 5.73 Å². The molecule has 0 aliphatic heterocycles. The number of nitrogens with two attached hydrogens (primary N) is 1. The highest BCUT2D eigenvalue weighted by Crippen LogP contribution is 2.48. The predicted octanol–water partition coefficient (Wildman–Crippen LogP) is 0.905. The number of hydrogen-bond donors (Lipinski definition) is 2. The van der Waals surface area contributed by atoms with Crippen LogP contribution in [0.3, 0.4) is 0 Å². The Balaban J connectivity index is 2.00. The first kappa shape index (κ1) is 12.9. The number of nitrogens with one attached hydrogen (secondary N) is 1. The molecule has 18 heavy (non-hydrogen) atoms. The largest absolute Gasteiger partial charge is 0.368 e. The van der Waals surface area contributed by atoms with Gasteiger partial charge in [-0.2, -0.15) is 0 Å². The Morgan fingerprint density at radius 2 is 1.94 bits per heavy atom. The maximum atomic E-state index is 12.0. The molecule has 0 saturated heterocycles. The van der Waals surface area contributed by atoms with Gasteiger partial charge in [-0.1, -0.05) is 23.7 Å². The Morgan fingerprint density at radius 1 is 1.33 bits per heavy atom. The van der Waals surface area contributed by atoms with Crippen LogP contribution in [0.5, 0.6) is 0 Å². The lowest BCUT2D eigenvalue weighted by molar-refractivity contribution is -0.140. The van der Waals surface area contributed by atoms with Gasteiger partial charge in [0, 0.05) is 5.02 Å². The lowest BCUT2D eigenvalue weighted by atomic mass is 9.95. The second kappa shape index (κ2) is 4.96. The molecular weight excluding hydrogens is 256 g/mol. The van der Waals surface area contributed by atoms with E-state index in [1.165, 1.54) is 0 Å². The van der Waals surface area contributed by atoms with Crippen molar-refractivity contribution in [2.45, 2.75) is 18.3 Å². The maximum absolute atomic E-state index is 12.0. The molecule has 0 aromatic heterocycles. The summed E-state index contributed by atoms with van der Waals surface area (Å²) in [6.45, 7) is -0.331. The summed E-state index contributed by atoms with van der Waals surface area (Å²) in [5, 5.41) is 0.625. The van der Waals surface area contributed by atoms with Gasteiger partial charge in [-0.3, -0.25) is 14.4 Å². The molecule has 2 amide bonds. The highest BCUT2D eigenvalue weighted by Gasteiger charge is 2.51. The molecule has 96 valence electrons. The summed E-state index contributed by atoms with van der Waals surface area (Å²) < 4.78 is 0. The molecule has 1 saturated carbocycles. The fourth-order valence-electron chi connectivity index (χ4n) is 1.81. The van der Waals surface area contributed by atoms with Crippen molar-refractivity contribution in [3.8, 4) is 0 Å². The molecule has 1 aliphatic carbocycles. The van der Waals surface area contributed by atoms with Crippen LogP contribution in [0.1, 0.15) is 18.4 Å². The summed E-state index contributed by atoms with van der Waals surface area (Å²) in [5.41, 5.74) is 7.50. The lowest BCUT2D eigenvalue weighted by Gasteiger charge is -2.15. The zero-order chi connectivity index (χ0) is 13.2. The molecule has 2 rings (SSSR count). The predicted molar refractivity (Wildman–Crippen MR) is 65.7 cm³/mol. The van der Waals surface area contributed by atoms with Gasteiger partial charge in [-0.05, 0) is 30.5 Å². The quantitative estimate of drug-likeness (QED) is 0.779. The van der Waals surface area contributed by atoms with E-state index in [-0.39, 0.29) is 12.5 Å². The molecule has 0 heterocycles. The van der Waals surface area contributed by atoms with Crippen molar-refractivity contribution >= 4 is 23.4 Å². The molecule has 0 spiro atoms. The van der Waals surface area contributed by atoms with Gasteiger partial charge >= 0.3 is 0 Å². The number of amides is 2. The Kier molecular flexibility index (Phi) is 3.54. The molecule has 1 aromatic rings. The minimum atomic E-state index is -0.633. The molecule has 6 heteroatoms. The fraction of sp³-hybridized carbons (Fsp3) is 0.333. The molecule has 1 aromatic carbocycles. The summed E-state index contributed by atoms with van der Waals surface area (Å²) in [5.74, 6) is -0.891. The zero-order valence-corrected chi connectivity index (χ0v) is 10.4. The number of carbonyl (C=O) groups excluding carboxylic acids is 2. The van der Waals surface area contributed by atoms with Crippen LogP contribution in [0, 0.1) is 0 Å². The standard InChI is InChI=1S/C12H13ClN2O3/c13-9-3-1-8(2-4-9)12(5-6-12)11(17)15-18-7-10(14)16/h1-4H,5-7H2,(H2,14,16)(H,15,17). The molecule has 3 N–H and O–H groups in total. The minimum absolute atomic E-state index is 0.258. The van der Waals surface area contributed by atoms with Gasteiger partial charge in [0.2, 0.25) is 5.91 Å². The summed E-state index contributed by atoms with van der Waals surface area (Å²) in [6, 6.07) is 7.13. The van der Waals surface area contributed by atoms with Crippen LogP contribution in [-0.2, 0) is 19.8 Å². The van der Waals surface area contributed by atoms with E-state index in [2.05, 4.69) is 5.48 Å². The Labute approximate surface area is 109 Å². The van der Waals surface area contributed by atoms with Crippen LogP contribution in [0.4, 0.5) is 0 Å². The number of primary amides is 1. The molecule has 1 aliphatic rings. The molecule has 0 bridgehead atoms. The van der Waals surface area contributed by atoms with Crippen LogP contribution >= 0.6 is 11.6 Å². The van der Waals surface area contributed by atoms with Crippen LogP contribution < -0.4 is 11.2 Å². The number of hydroxylamine groups is 1. The van der Waals surface area contributed by atoms with E-state index in [0.29, 0.717) is 5.02 Å². The summed E-state index contributed by atoms with van der Waals surface area (Å²) >= 11 is 5.80. The second-order valence-corrected chi connectivity index (χ2v) is 4.71. The van der Waals surface area contributed by atoms with E-state index in [9.17, 15) is 9.59 Å². The lowest BCUT2D eigenvalue weighted by Crippen LogP contribution is -2.36. The van der Waals surface area contributed by atoms with Crippen molar-refractivity contribution in [1.82, 2.24) is 5.48 Å². The van der Waals surface area contributed by atoms with E-state index in [4.69, 9.17) is 22.2 Å². The smallest absolute Gasteiger partial charge is 0.254 e. The molecule has 0 radical (unpaired) electrons. The van der Waals surface area contributed by atoms with Crippen LogP contribution in [0.25, 0.3) is 0 Å². The van der Waals surface area contributed by atoms with E-state index in [1.807, 2.05) is 12.1 Å². The first-order valence-electron chi connectivity index (χ1n) is 5.51. The van der Waals surface area contributed by atoms with Crippen molar-refractivity contribution in [2.75, 3.05) is 6.61 Å². The first-order chi connectivity index (χ1) is 8.54. The summed E-state index contributed by atoms with van der Waals surface area (Å²) in [4.78, 5) is 27.2. The van der Waals surface area contributed by atoms with Crippen molar-refractivity contribution in [1.29, 1.82) is 0 Å². The van der Waals surface area contributed by atoms with Gasteiger partial charge in [0.15, 0.2) is 6.61 Å². The van der Waals surface area contributed by atoms with Crippen LogP contribution in [-0.4, -0.2) is 18.4 Å². The maximum Gasteiger partial charge on any atom is 0.254 e. The highest BCUT2D eigenvalue weighted by molar-refractivity contribution is 6.30. The van der Waals surface area contributed by atoms with Crippen LogP contribution in [0.2, 0.25) is 5.02 Å². The van der Waals surface area contributed by atoms with Gasteiger partial charge in [0.1, 0.15) is 0 Å². The average molecular weight is 269 g/mol. The molecule has 1 fully saturated rings. The number of carbonyl (C=O) groups is 2. The third-order valence-corrected chi connectivity index (χ3v) is 3.21. The Bertz CT molecular complexity index is 469. The van der Waals surface area contributed by atoms with Crippen LogP contribution in [0.15, 0.2) is 24.3 Å². The third kappa shape index (κ3) is 2.63. The Morgan fingerprint density at radius 3 is 2.44 bits per heavy atom. The number of benzene rings is 1. The van der Waals surface area contributed by atoms with E-state index in [0.717, 1.165) is 18.4 Å². The molecule has 0 atom stereocenters. The van der Waals surface area contributed by atoms with Gasteiger partial charge in [0.25, 0.3) is 5.91 Å².